The third kappa shape index (κ3) is 1.80. The van der Waals surface area contributed by atoms with E-state index in [1.165, 1.54) is 0 Å². The standard InChI is InChI=1S/C13H15NO3/c1-3-14-7-11(8(2)15)9-5-4-6-10(12(9)14)13(16)17/h4-8,15H,3H2,1-2H3,(H,16,17). The smallest absolute Gasteiger partial charge is 0.337 e. The third-order valence-corrected chi connectivity index (χ3v) is 2.95. The number of aromatic nitrogens is 1. The number of aromatic carboxylic acids is 1. The van der Waals surface area contributed by atoms with Crippen LogP contribution in [0.25, 0.3) is 10.9 Å². The molecule has 2 rings (SSSR count). The Hall–Kier alpha value is -1.81. The Balaban J connectivity index is 2.84. The lowest BCUT2D eigenvalue weighted by Crippen LogP contribution is -2.01. The molecule has 1 unspecified atom stereocenters. The molecule has 0 amide bonds. The fourth-order valence-electron chi connectivity index (χ4n) is 2.14. The van der Waals surface area contributed by atoms with Crippen LogP contribution in [-0.4, -0.2) is 20.7 Å². The molecule has 4 heteroatoms. The minimum atomic E-state index is -0.944. The van der Waals surface area contributed by atoms with E-state index >= 15 is 0 Å². The van der Waals surface area contributed by atoms with E-state index in [2.05, 4.69) is 0 Å². The van der Waals surface area contributed by atoms with Crippen molar-refractivity contribution in [3.63, 3.8) is 0 Å². The van der Waals surface area contributed by atoms with Gasteiger partial charge in [-0.2, -0.15) is 0 Å². The van der Waals surface area contributed by atoms with Crippen LogP contribution in [0.5, 0.6) is 0 Å². The summed E-state index contributed by atoms with van der Waals surface area (Å²) in [5, 5.41) is 19.7. The second-order valence-corrected chi connectivity index (χ2v) is 4.05. The van der Waals surface area contributed by atoms with Gasteiger partial charge in [0.25, 0.3) is 0 Å². The molecule has 0 saturated carbocycles. The van der Waals surface area contributed by atoms with E-state index in [0.29, 0.717) is 12.1 Å². The molecule has 90 valence electrons. The Bertz CT molecular complexity index is 569. The van der Waals surface area contributed by atoms with Crippen LogP contribution < -0.4 is 0 Å². The number of aliphatic hydroxyl groups is 1. The van der Waals surface area contributed by atoms with Crippen molar-refractivity contribution in [2.75, 3.05) is 0 Å². The molecule has 0 radical (unpaired) electrons. The zero-order valence-corrected chi connectivity index (χ0v) is 9.84. The first-order valence-corrected chi connectivity index (χ1v) is 5.59. The van der Waals surface area contributed by atoms with Crippen molar-refractivity contribution in [2.24, 2.45) is 0 Å². The van der Waals surface area contributed by atoms with Gasteiger partial charge in [0.05, 0.1) is 17.2 Å². The molecule has 1 heterocycles. The molecular formula is C13H15NO3. The van der Waals surface area contributed by atoms with Crippen LogP contribution in [0.2, 0.25) is 0 Å². The molecule has 2 aromatic rings. The van der Waals surface area contributed by atoms with E-state index in [4.69, 9.17) is 0 Å². The number of aryl methyl sites for hydroxylation is 1. The fraction of sp³-hybridized carbons (Fsp3) is 0.308. The van der Waals surface area contributed by atoms with E-state index in [0.717, 1.165) is 10.9 Å². The summed E-state index contributed by atoms with van der Waals surface area (Å²) in [5.41, 5.74) is 1.72. The lowest BCUT2D eigenvalue weighted by molar-refractivity contribution is 0.0698. The Morgan fingerprint density at radius 1 is 1.47 bits per heavy atom. The van der Waals surface area contributed by atoms with Gasteiger partial charge in [-0.1, -0.05) is 12.1 Å². The Morgan fingerprint density at radius 3 is 2.71 bits per heavy atom. The highest BCUT2D eigenvalue weighted by atomic mass is 16.4. The molecule has 0 bridgehead atoms. The number of rotatable bonds is 3. The lowest BCUT2D eigenvalue weighted by Gasteiger charge is -2.04. The molecule has 1 aromatic heterocycles. The number of benzene rings is 1. The molecule has 0 aliphatic carbocycles. The third-order valence-electron chi connectivity index (χ3n) is 2.95. The van der Waals surface area contributed by atoms with Gasteiger partial charge in [-0.3, -0.25) is 0 Å². The van der Waals surface area contributed by atoms with Crippen molar-refractivity contribution in [2.45, 2.75) is 26.5 Å². The normalized spacial score (nSPS) is 12.9. The number of carboxylic acid groups (broad SMARTS) is 1. The van der Waals surface area contributed by atoms with Crippen LogP contribution >= 0.6 is 0 Å². The molecule has 0 aliphatic rings. The van der Waals surface area contributed by atoms with E-state index in [-0.39, 0.29) is 5.56 Å². The molecule has 1 aromatic carbocycles. The molecule has 0 spiro atoms. The first-order chi connectivity index (χ1) is 8.06. The monoisotopic (exact) mass is 233 g/mol. The summed E-state index contributed by atoms with van der Waals surface area (Å²) < 4.78 is 1.86. The van der Waals surface area contributed by atoms with Gasteiger partial charge in [-0.15, -0.1) is 0 Å². The molecule has 17 heavy (non-hydrogen) atoms. The van der Waals surface area contributed by atoms with Gasteiger partial charge in [0.2, 0.25) is 0 Å². The second-order valence-electron chi connectivity index (χ2n) is 4.05. The summed E-state index contributed by atoms with van der Waals surface area (Å²) >= 11 is 0. The van der Waals surface area contributed by atoms with E-state index < -0.39 is 12.1 Å². The molecule has 0 aliphatic heterocycles. The molecule has 1 atom stereocenters. The number of carbonyl (C=O) groups is 1. The van der Waals surface area contributed by atoms with Gasteiger partial charge in [0.1, 0.15) is 0 Å². The maximum Gasteiger partial charge on any atom is 0.337 e. The van der Waals surface area contributed by atoms with Gasteiger partial charge < -0.3 is 14.8 Å². The van der Waals surface area contributed by atoms with E-state index in [9.17, 15) is 15.0 Å². The highest BCUT2D eigenvalue weighted by Crippen LogP contribution is 2.29. The molecule has 0 saturated heterocycles. The van der Waals surface area contributed by atoms with Crippen LogP contribution in [0.1, 0.15) is 35.9 Å². The Labute approximate surface area is 99.1 Å². The van der Waals surface area contributed by atoms with E-state index in [1.54, 1.807) is 19.1 Å². The average molecular weight is 233 g/mol. The minimum Gasteiger partial charge on any atom is -0.478 e. The van der Waals surface area contributed by atoms with Gasteiger partial charge in [-0.05, 0) is 19.9 Å². The number of hydrogen-bond donors (Lipinski definition) is 2. The number of carboxylic acids is 1. The highest BCUT2D eigenvalue weighted by molar-refractivity contribution is 6.03. The Kier molecular flexibility index (Phi) is 2.90. The minimum absolute atomic E-state index is 0.274. The quantitative estimate of drug-likeness (QED) is 0.855. The topological polar surface area (TPSA) is 62.5 Å². The van der Waals surface area contributed by atoms with Crippen LogP contribution in [0, 0.1) is 0 Å². The largest absolute Gasteiger partial charge is 0.478 e. The predicted molar refractivity (Wildman–Crippen MR) is 65.2 cm³/mol. The second kappa shape index (κ2) is 4.22. The predicted octanol–water partition coefficient (Wildman–Crippen LogP) is 2.41. The summed E-state index contributed by atoms with van der Waals surface area (Å²) in [6.45, 7) is 4.31. The van der Waals surface area contributed by atoms with Gasteiger partial charge in [-0.25, -0.2) is 4.79 Å². The first kappa shape index (κ1) is 11.7. The molecule has 0 fully saturated rings. The summed E-state index contributed by atoms with van der Waals surface area (Å²) in [6, 6.07) is 5.14. The Morgan fingerprint density at radius 2 is 2.18 bits per heavy atom. The lowest BCUT2D eigenvalue weighted by atomic mass is 10.1. The van der Waals surface area contributed by atoms with Gasteiger partial charge in [0.15, 0.2) is 0 Å². The van der Waals surface area contributed by atoms with Crippen molar-refractivity contribution in [3.05, 3.63) is 35.5 Å². The zero-order valence-electron chi connectivity index (χ0n) is 9.84. The van der Waals surface area contributed by atoms with E-state index in [1.807, 2.05) is 23.8 Å². The van der Waals surface area contributed by atoms with Crippen molar-refractivity contribution >= 4 is 16.9 Å². The number of aliphatic hydroxyl groups excluding tert-OH is 1. The van der Waals surface area contributed by atoms with Gasteiger partial charge >= 0.3 is 5.97 Å². The summed E-state index contributed by atoms with van der Waals surface area (Å²) in [4.78, 5) is 11.2. The van der Waals surface area contributed by atoms with Crippen LogP contribution in [0.4, 0.5) is 0 Å². The fourth-order valence-corrected chi connectivity index (χ4v) is 2.14. The number of para-hydroxylation sites is 1. The maximum absolute atomic E-state index is 11.2. The van der Waals surface area contributed by atoms with Crippen molar-refractivity contribution in [3.8, 4) is 0 Å². The zero-order chi connectivity index (χ0) is 12.6. The first-order valence-electron chi connectivity index (χ1n) is 5.59. The number of fused-ring (bicyclic) bond motifs is 1. The van der Waals surface area contributed by atoms with Gasteiger partial charge in [0, 0.05) is 23.7 Å². The molecule has 4 nitrogen and oxygen atoms in total. The maximum atomic E-state index is 11.2. The van der Waals surface area contributed by atoms with Crippen LogP contribution in [0.15, 0.2) is 24.4 Å². The molecular weight excluding hydrogens is 218 g/mol. The van der Waals surface area contributed by atoms with Crippen LogP contribution in [0.3, 0.4) is 0 Å². The molecule has 2 N–H and O–H groups in total. The average Bonchev–Trinajstić information content (AvgIpc) is 2.67. The SMILES string of the molecule is CCn1cc(C(C)O)c2cccc(C(=O)O)c21. The summed E-state index contributed by atoms with van der Waals surface area (Å²) in [7, 11) is 0. The summed E-state index contributed by atoms with van der Waals surface area (Å²) in [6.07, 6.45) is 1.22. The number of hydrogen-bond acceptors (Lipinski definition) is 2. The van der Waals surface area contributed by atoms with Crippen molar-refractivity contribution in [1.29, 1.82) is 0 Å². The van der Waals surface area contributed by atoms with Crippen molar-refractivity contribution in [1.82, 2.24) is 4.57 Å². The number of nitrogens with zero attached hydrogens (tertiary/aromatic N) is 1. The van der Waals surface area contributed by atoms with Crippen molar-refractivity contribution < 1.29 is 15.0 Å². The van der Waals surface area contributed by atoms with Crippen LogP contribution in [-0.2, 0) is 6.54 Å². The highest BCUT2D eigenvalue weighted by Gasteiger charge is 2.17. The summed E-state index contributed by atoms with van der Waals surface area (Å²) in [5.74, 6) is -0.944.